The van der Waals surface area contributed by atoms with Gasteiger partial charge in [0.15, 0.2) is 0 Å². The number of anilines is 1. The average Bonchev–Trinajstić information content (AvgIpc) is 2.23. The van der Waals surface area contributed by atoms with Crippen LogP contribution in [0.2, 0.25) is 0 Å². The molecule has 0 atom stereocenters. The van der Waals surface area contributed by atoms with Crippen molar-refractivity contribution in [2.24, 2.45) is 0 Å². The molecular weight excluding hydrogens is 242 g/mol. The van der Waals surface area contributed by atoms with Crippen molar-refractivity contribution < 1.29 is 8.42 Å². The third kappa shape index (κ3) is 4.56. The standard InChI is InChI=1S/C10H17N3O3S/c1-4-8-11-9(7-10(14)12-8)13(2)5-6-17(3,15)16/h7H,4-6H2,1-3H3,(H,11,12,14). The maximum absolute atomic E-state index is 11.3. The van der Waals surface area contributed by atoms with Crippen molar-refractivity contribution in [3.63, 3.8) is 0 Å². The number of nitrogens with zero attached hydrogens (tertiary/aromatic N) is 2. The van der Waals surface area contributed by atoms with Gasteiger partial charge in [0.2, 0.25) is 0 Å². The third-order valence-electron chi connectivity index (χ3n) is 2.30. The maximum atomic E-state index is 11.3. The number of rotatable bonds is 5. The molecule has 1 N–H and O–H groups in total. The molecule has 0 aliphatic carbocycles. The minimum atomic E-state index is -3.01. The molecule has 1 heterocycles. The normalized spacial score (nSPS) is 11.5. The second kappa shape index (κ2) is 5.31. The molecule has 0 amide bonds. The summed E-state index contributed by atoms with van der Waals surface area (Å²) in [6.45, 7) is 2.21. The van der Waals surface area contributed by atoms with Crippen LogP contribution in [0.4, 0.5) is 5.82 Å². The first-order chi connectivity index (χ1) is 7.81. The van der Waals surface area contributed by atoms with Crippen LogP contribution in [0.3, 0.4) is 0 Å². The predicted molar refractivity (Wildman–Crippen MR) is 67.2 cm³/mol. The van der Waals surface area contributed by atoms with Crippen molar-refractivity contribution in [2.45, 2.75) is 13.3 Å². The Hall–Kier alpha value is -1.37. The Labute approximate surface area is 101 Å². The average molecular weight is 259 g/mol. The molecule has 7 heteroatoms. The number of hydrogen-bond donors (Lipinski definition) is 1. The molecule has 17 heavy (non-hydrogen) atoms. The summed E-state index contributed by atoms with van der Waals surface area (Å²) in [5, 5.41) is 0. The number of aromatic amines is 1. The summed E-state index contributed by atoms with van der Waals surface area (Å²) in [4.78, 5) is 19.8. The highest BCUT2D eigenvalue weighted by Gasteiger charge is 2.09. The Bertz CT molecular complexity index is 536. The summed E-state index contributed by atoms with van der Waals surface area (Å²) in [5.74, 6) is 1.13. The Balaban J connectivity index is 2.85. The number of hydrogen-bond acceptors (Lipinski definition) is 5. The van der Waals surface area contributed by atoms with Gasteiger partial charge < -0.3 is 9.88 Å². The minimum absolute atomic E-state index is 0.0411. The summed E-state index contributed by atoms with van der Waals surface area (Å²) in [7, 11) is -1.29. The maximum Gasteiger partial charge on any atom is 0.252 e. The molecule has 1 aromatic rings. The molecule has 0 aliphatic rings. The van der Waals surface area contributed by atoms with Crippen LogP contribution in [-0.4, -0.2) is 44.0 Å². The molecule has 0 unspecified atom stereocenters. The zero-order valence-electron chi connectivity index (χ0n) is 10.2. The number of sulfone groups is 1. The first-order valence-electron chi connectivity index (χ1n) is 5.31. The van der Waals surface area contributed by atoms with Crippen LogP contribution in [0.5, 0.6) is 0 Å². The quantitative estimate of drug-likeness (QED) is 0.792. The van der Waals surface area contributed by atoms with Gasteiger partial charge in [-0.25, -0.2) is 13.4 Å². The fourth-order valence-electron chi connectivity index (χ4n) is 1.27. The van der Waals surface area contributed by atoms with Gasteiger partial charge in [-0.1, -0.05) is 6.92 Å². The number of aromatic nitrogens is 2. The van der Waals surface area contributed by atoms with E-state index in [2.05, 4.69) is 9.97 Å². The van der Waals surface area contributed by atoms with E-state index in [1.807, 2.05) is 6.92 Å². The summed E-state index contributed by atoms with van der Waals surface area (Å²) in [6.07, 6.45) is 1.81. The van der Waals surface area contributed by atoms with Crippen molar-refractivity contribution in [1.82, 2.24) is 9.97 Å². The number of aryl methyl sites for hydroxylation is 1. The van der Waals surface area contributed by atoms with Crippen LogP contribution in [0.25, 0.3) is 0 Å². The molecule has 0 spiro atoms. The molecule has 6 nitrogen and oxygen atoms in total. The van der Waals surface area contributed by atoms with E-state index >= 15 is 0 Å². The van der Waals surface area contributed by atoms with E-state index in [0.717, 1.165) is 0 Å². The van der Waals surface area contributed by atoms with E-state index in [4.69, 9.17) is 0 Å². The molecule has 0 saturated heterocycles. The lowest BCUT2D eigenvalue weighted by Gasteiger charge is -2.17. The fourth-order valence-corrected chi connectivity index (χ4v) is 1.88. The van der Waals surface area contributed by atoms with Crippen molar-refractivity contribution in [2.75, 3.05) is 30.5 Å². The molecule has 1 aromatic heterocycles. The van der Waals surface area contributed by atoms with Crippen LogP contribution in [-0.2, 0) is 16.3 Å². The smallest absolute Gasteiger partial charge is 0.252 e. The minimum Gasteiger partial charge on any atom is -0.358 e. The van der Waals surface area contributed by atoms with Crippen LogP contribution < -0.4 is 10.5 Å². The molecule has 0 saturated carbocycles. The van der Waals surface area contributed by atoms with Crippen LogP contribution in [0, 0.1) is 0 Å². The van der Waals surface area contributed by atoms with Gasteiger partial charge in [-0.2, -0.15) is 0 Å². The molecule has 1 rings (SSSR count). The molecule has 0 aliphatic heterocycles. The molecule has 0 fully saturated rings. The molecular formula is C10H17N3O3S. The van der Waals surface area contributed by atoms with Crippen molar-refractivity contribution in [3.05, 3.63) is 22.2 Å². The molecule has 96 valence electrons. The van der Waals surface area contributed by atoms with Crippen molar-refractivity contribution >= 4 is 15.7 Å². The zero-order chi connectivity index (χ0) is 13.1. The van der Waals surface area contributed by atoms with Gasteiger partial charge in [0.05, 0.1) is 5.75 Å². The number of H-pyrrole nitrogens is 1. The Kier molecular flexibility index (Phi) is 4.28. The Morgan fingerprint density at radius 2 is 2.12 bits per heavy atom. The Morgan fingerprint density at radius 1 is 1.47 bits per heavy atom. The topological polar surface area (TPSA) is 83.1 Å². The van der Waals surface area contributed by atoms with E-state index in [1.54, 1.807) is 11.9 Å². The molecule has 0 aromatic carbocycles. The lowest BCUT2D eigenvalue weighted by Crippen LogP contribution is -2.27. The van der Waals surface area contributed by atoms with E-state index in [-0.39, 0.29) is 11.3 Å². The van der Waals surface area contributed by atoms with Crippen molar-refractivity contribution in [3.8, 4) is 0 Å². The van der Waals surface area contributed by atoms with Gasteiger partial charge in [0, 0.05) is 32.3 Å². The highest BCUT2D eigenvalue weighted by Crippen LogP contribution is 2.05. The van der Waals surface area contributed by atoms with Gasteiger partial charge in [0.1, 0.15) is 21.5 Å². The van der Waals surface area contributed by atoms with E-state index in [0.29, 0.717) is 24.6 Å². The first-order valence-corrected chi connectivity index (χ1v) is 7.37. The number of nitrogens with one attached hydrogen (secondary N) is 1. The first kappa shape index (κ1) is 13.7. The summed E-state index contributed by atoms with van der Waals surface area (Å²) in [6, 6.07) is 1.36. The highest BCUT2D eigenvalue weighted by molar-refractivity contribution is 7.90. The zero-order valence-corrected chi connectivity index (χ0v) is 11.0. The van der Waals surface area contributed by atoms with Crippen LogP contribution in [0.1, 0.15) is 12.7 Å². The second-order valence-corrected chi connectivity index (χ2v) is 6.22. The fraction of sp³-hybridized carbons (Fsp3) is 0.600. The van der Waals surface area contributed by atoms with Crippen molar-refractivity contribution in [1.29, 1.82) is 0 Å². The largest absolute Gasteiger partial charge is 0.358 e. The summed E-state index contributed by atoms with van der Waals surface area (Å²) in [5.41, 5.74) is -0.224. The van der Waals surface area contributed by atoms with E-state index in [9.17, 15) is 13.2 Å². The SMILES string of the molecule is CCc1nc(N(C)CCS(C)(=O)=O)cc(=O)[nH]1. The van der Waals surface area contributed by atoms with Gasteiger partial charge >= 0.3 is 0 Å². The van der Waals surface area contributed by atoms with E-state index in [1.165, 1.54) is 12.3 Å². The highest BCUT2D eigenvalue weighted by atomic mass is 32.2. The molecule has 0 radical (unpaired) electrons. The lowest BCUT2D eigenvalue weighted by atomic mass is 10.4. The second-order valence-electron chi connectivity index (χ2n) is 3.96. The van der Waals surface area contributed by atoms with Gasteiger partial charge in [-0.3, -0.25) is 4.79 Å². The lowest BCUT2D eigenvalue weighted by molar-refractivity contribution is 0.601. The van der Waals surface area contributed by atoms with Crippen LogP contribution in [0.15, 0.2) is 10.9 Å². The summed E-state index contributed by atoms with van der Waals surface area (Å²) < 4.78 is 22.1. The predicted octanol–water partition coefficient (Wildman–Crippen LogP) is -0.187. The van der Waals surface area contributed by atoms with E-state index < -0.39 is 9.84 Å². The van der Waals surface area contributed by atoms with Gasteiger partial charge in [-0.15, -0.1) is 0 Å². The van der Waals surface area contributed by atoms with Crippen LogP contribution >= 0.6 is 0 Å². The molecule has 0 bridgehead atoms. The monoisotopic (exact) mass is 259 g/mol. The van der Waals surface area contributed by atoms with Gasteiger partial charge in [0.25, 0.3) is 5.56 Å². The Morgan fingerprint density at radius 3 is 2.65 bits per heavy atom. The third-order valence-corrected chi connectivity index (χ3v) is 3.22. The summed E-state index contributed by atoms with van der Waals surface area (Å²) >= 11 is 0. The van der Waals surface area contributed by atoms with Gasteiger partial charge in [-0.05, 0) is 0 Å².